The summed E-state index contributed by atoms with van der Waals surface area (Å²) in [5.74, 6) is 0.550. The largest absolute Gasteiger partial charge is 0.504 e. The third-order valence-electron chi connectivity index (χ3n) is 8.79. The van der Waals surface area contributed by atoms with Crippen LogP contribution < -0.4 is 4.74 Å². The average molecular weight is 483 g/mol. The van der Waals surface area contributed by atoms with E-state index in [0.29, 0.717) is 18.3 Å². The Morgan fingerprint density at radius 1 is 1.23 bits per heavy atom. The topological polar surface area (TPSA) is 76.0 Å². The molecule has 0 spiro atoms. The van der Waals surface area contributed by atoms with Crippen LogP contribution in [-0.2, 0) is 9.53 Å². The van der Waals surface area contributed by atoms with E-state index in [0.717, 1.165) is 56.1 Å². The van der Waals surface area contributed by atoms with Crippen LogP contribution in [0.2, 0.25) is 0 Å². The van der Waals surface area contributed by atoms with Crippen molar-refractivity contribution >= 4 is 12.0 Å². The first-order valence-corrected chi connectivity index (χ1v) is 12.7. The van der Waals surface area contributed by atoms with Crippen LogP contribution in [-0.4, -0.2) is 35.5 Å². The van der Waals surface area contributed by atoms with Gasteiger partial charge in [0.25, 0.3) is 0 Å². The molecule has 2 fully saturated rings. The minimum Gasteiger partial charge on any atom is -0.504 e. The molecule has 2 saturated carbocycles. The lowest BCUT2D eigenvalue weighted by Gasteiger charge is -2.61. The number of esters is 1. The normalized spacial score (nSPS) is 32.6. The average Bonchev–Trinajstić information content (AvgIpc) is 2.81. The van der Waals surface area contributed by atoms with Crippen LogP contribution in [0.15, 0.2) is 49.1 Å². The standard InChI is InChI=1S/C30H42O5/c1-7-21(2)9-13-26-29(4)17-8-16-28(3,25(29)15-18-30(26,5)33)20-35-27(32)14-11-22-10-12-23(31)24(19-22)34-6/h7,10-12,14,19,25-26,31,33H,1-2,8-9,13,15-18,20H2,3-6H3/t25-,26+,28+,29+,30-/m0/s1. The Balaban J connectivity index is 1.71. The number of ether oxygens (including phenoxy) is 2. The highest BCUT2D eigenvalue weighted by molar-refractivity contribution is 5.87. The van der Waals surface area contributed by atoms with Gasteiger partial charge in [0.2, 0.25) is 0 Å². The first-order chi connectivity index (χ1) is 16.4. The number of phenolic OH excluding ortho intramolecular Hbond substituents is 1. The van der Waals surface area contributed by atoms with Gasteiger partial charge in [-0.1, -0.05) is 51.1 Å². The van der Waals surface area contributed by atoms with Gasteiger partial charge in [-0.3, -0.25) is 0 Å². The molecular weight excluding hydrogens is 440 g/mol. The second kappa shape index (κ2) is 10.6. The third kappa shape index (κ3) is 5.83. The predicted octanol–water partition coefficient (Wildman–Crippen LogP) is 6.45. The van der Waals surface area contributed by atoms with Gasteiger partial charge < -0.3 is 19.7 Å². The van der Waals surface area contributed by atoms with Gasteiger partial charge in [-0.15, -0.1) is 0 Å². The number of benzene rings is 1. The zero-order chi connectivity index (χ0) is 25.9. The fourth-order valence-corrected chi connectivity index (χ4v) is 6.93. The van der Waals surface area contributed by atoms with Crippen LogP contribution in [0.1, 0.15) is 71.3 Å². The Bertz CT molecular complexity index is 977. The molecule has 0 aliphatic heterocycles. The maximum atomic E-state index is 12.6. The number of methoxy groups -OCH3 is 1. The number of hydrogen-bond donors (Lipinski definition) is 2. The Morgan fingerprint density at radius 2 is 1.97 bits per heavy atom. The molecule has 192 valence electrons. The Kier molecular flexibility index (Phi) is 8.21. The molecule has 1 aromatic carbocycles. The van der Waals surface area contributed by atoms with Crippen LogP contribution in [0.5, 0.6) is 11.5 Å². The van der Waals surface area contributed by atoms with Crippen molar-refractivity contribution in [1.82, 2.24) is 0 Å². The summed E-state index contributed by atoms with van der Waals surface area (Å²) in [5.41, 5.74) is 0.877. The van der Waals surface area contributed by atoms with Crippen molar-refractivity contribution in [2.75, 3.05) is 13.7 Å². The molecule has 2 aliphatic carbocycles. The van der Waals surface area contributed by atoms with E-state index in [4.69, 9.17) is 9.47 Å². The van der Waals surface area contributed by atoms with Gasteiger partial charge in [0.1, 0.15) is 0 Å². The highest BCUT2D eigenvalue weighted by Crippen LogP contribution is 2.63. The van der Waals surface area contributed by atoms with E-state index in [2.05, 4.69) is 27.0 Å². The van der Waals surface area contributed by atoms with E-state index >= 15 is 0 Å². The summed E-state index contributed by atoms with van der Waals surface area (Å²) in [6.45, 7) is 14.9. The third-order valence-corrected chi connectivity index (χ3v) is 8.79. The van der Waals surface area contributed by atoms with Gasteiger partial charge in [-0.25, -0.2) is 4.79 Å². The lowest BCUT2D eigenvalue weighted by atomic mass is 9.45. The predicted molar refractivity (Wildman–Crippen MR) is 140 cm³/mol. The van der Waals surface area contributed by atoms with Crippen molar-refractivity contribution in [3.8, 4) is 11.5 Å². The van der Waals surface area contributed by atoms with E-state index in [1.54, 1.807) is 18.2 Å². The van der Waals surface area contributed by atoms with Gasteiger partial charge >= 0.3 is 5.97 Å². The van der Waals surface area contributed by atoms with Crippen molar-refractivity contribution < 1.29 is 24.5 Å². The number of carbonyl (C=O) groups excluding carboxylic acids is 1. The van der Waals surface area contributed by atoms with Crippen LogP contribution >= 0.6 is 0 Å². The van der Waals surface area contributed by atoms with Crippen molar-refractivity contribution in [3.05, 3.63) is 54.6 Å². The summed E-state index contributed by atoms with van der Waals surface area (Å²) >= 11 is 0. The fraction of sp³-hybridized carbons (Fsp3) is 0.567. The molecule has 35 heavy (non-hydrogen) atoms. The lowest BCUT2D eigenvalue weighted by Crippen LogP contribution is -2.59. The molecule has 3 rings (SSSR count). The van der Waals surface area contributed by atoms with Crippen LogP contribution in [0.4, 0.5) is 0 Å². The molecular formula is C30H42O5. The molecule has 0 radical (unpaired) electrons. The molecule has 5 nitrogen and oxygen atoms in total. The molecule has 0 heterocycles. The van der Waals surface area contributed by atoms with E-state index in [1.165, 1.54) is 19.3 Å². The number of phenols is 1. The summed E-state index contributed by atoms with van der Waals surface area (Å²) in [6, 6.07) is 4.92. The monoisotopic (exact) mass is 482 g/mol. The van der Waals surface area contributed by atoms with Gasteiger partial charge in [0, 0.05) is 11.5 Å². The van der Waals surface area contributed by atoms with Crippen molar-refractivity contribution in [2.24, 2.45) is 22.7 Å². The SMILES string of the molecule is C=CC(=C)CC[C@@H]1[C@]2(C)CCC[C@](C)(COC(=O)C=Cc3ccc(O)c(OC)c3)[C@@H]2CC[C@]1(C)O. The Hall–Kier alpha value is -2.53. The van der Waals surface area contributed by atoms with E-state index in [-0.39, 0.29) is 28.5 Å². The van der Waals surface area contributed by atoms with E-state index in [9.17, 15) is 15.0 Å². The lowest BCUT2D eigenvalue weighted by molar-refractivity contribution is -0.185. The Labute approximate surface area is 210 Å². The molecule has 2 N–H and O–H groups in total. The summed E-state index contributed by atoms with van der Waals surface area (Å²) in [4.78, 5) is 12.6. The van der Waals surface area contributed by atoms with Crippen LogP contribution in [0.3, 0.4) is 0 Å². The van der Waals surface area contributed by atoms with Gasteiger partial charge in [-0.05, 0) is 86.5 Å². The van der Waals surface area contributed by atoms with Crippen molar-refractivity contribution in [1.29, 1.82) is 0 Å². The highest BCUT2D eigenvalue weighted by atomic mass is 16.5. The number of aromatic hydroxyl groups is 1. The molecule has 0 unspecified atom stereocenters. The number of hydrogen-bond acceptors (Lipinski definition) is 5. The molecule has 5 atom stereocenters. The molecule has 2 aliphatic rings. The molecule has 0 bridgehead atoms. The summed E-state index contributed by atoms with van der Waals surface area (Å²) < 4.78 is 10.9. The number of allylic oxidation sites excluding steroid dienone is 2. The summed E-state index contributed by atoms with van der Waals surface area (Å²) in [7, 11) is 1.49. The Morgan fingerprint density at radius 3 is 2.66 bits per heavy atom. The maximum Gasteiger partial charge on any atom is 0.330 e. The van der Waals surface area contributed by atoms with Gasteiger partial charge in [0.05, 0.1) is 19.3 Å². The number of rotatable bonds is 9. The first-order valence-electron chi connectivity index (χ1n) is 12.7. The second-order valence-electron chi connectivity index (χ2n) is 11.3. The maximum absolute atomic E-state index is 12.6. The zero-order valence-corrected chi connectivity index (χ0v) is 21.8. The second-order valence-corrected chi connectivity index (χ2v) is 11.3. The summed E-state index contributed by atoms with van der Waals surface area (Å²) in [5, 5.41) is 21.1. The van der Waals surface area contributed by atoms with Gasteiger partial charge in [-0.2, -0.15) is 0 Å². The molecule has 0 amide bonds. The van der Waals surface area contributed by atoms with E-state index in [1.807, 2.05) is 13.0 Å². The minimum absolute atomic E-state index is 0.0267. The molecule has 5 heteroatoms. The van der Waals surface area contributed by atoms with Crippen molar-refractivity contribution in [2.45, 2.75) is 71.3 Å². The smallest absolute Gasteiger partial charge is 0.330 e. The highest BCUT2D eigenvalue weighted by Gasteiger charge is 2.59. The fourth-order valence-electron chi connectivity index (χ4n) is 6.93. The number of aliphatic hydroxyl groups is 1. The van der Waals surface area contributed by atoms with Gasteiger partial charge in [0.15, 0.2) is 11.5 Å². The van der Waals surface area contributed by atoms with Crippen molar-refractivity contribution in [3.63, 3.8) is 0 Å². The summed E-state index contributed by atoms with van der Waals surface area (Å²) in [6.07, 6.45) is 11.4. The van der Waals surface area contributed by atoms with E-state index < -0.39 is 5.60 Å². The number of carbonyl (C=O) groups is 1. The quantitative estimate of drug-likeness (QED) is 0.240. The van der Waals surface area contributed by atoms with Crippen LogP contribution in [0, 0.1) is 22.7 Å². The minimum atomic E-state index is -0.713. The zero-order valence-electron chi connectivity index (χ0n) is 21.8. The molecule has 0 saturated heterocycles. The number of fused-ring (bicyclic) bond motifs is 1. The first kappa shape index (κ1) is 27.1. The molecule has 1 aromatic rings. The molecule has 0 aromatic heterocycles. The van der Waals surface area contributed by atoms with Crippen LogP contribution in [0.25, 0.3) is 6.08 Å².